The van der Waals surface area contributed by atoms with Gasteiger partial charge >= 0.3 is 5.97 Å². The number of nitrogens with one attached hydrogen (secondary N) is 1. The van der Waals surface area contributed by atoms with Gasteiger partial charge in [0, 0.05) is 10.5 Å². The Bertz CT molecular complexity index is 884. The van der Waals surface area contributed by atoms with Crippen molar-refractivity contribution in [1.82, 2.24) is 0 Å². The van der Waals surface area contributed by atoms with E-state index in [2.05, 4.69) is 42.0 Å². The molecule has 2 aromatic rings. The van der Waals surface area contributed by atoms with Gasteiger partial charge in [0.1, 0.15) is 5.75 Å². The Morgan fingerprint density at radius 1 is 1.14 bits per heavy atom. The lowest BCUT2D eigenvalue weighted by atomic mass is 9.87. The molecule has 5 nitrogen and oxygen atoms in total. The number of anilines is 1. The second kappa shape index (κ2) is 9.55. The lowest BCUT2D eigenvalue weighted by Gasteiger charge is -2.21. The highest BCUT2D eigenvalue weighted by molar-refractivity contribution is 9.10. The van der Waals surface area contributed by atoms with Gasteiger partial charge < -0.3 is 14.8 Å². The molecule has 0 bridgehead atoms. The van der Waals surface area contributed by atoms with Crippen LogP contribution in [0.5, 0.6) is 5.75 Å². The summed E-state index contributed by atoms with van der Waals surface area (Å²) >= 11 is 3.37. The Balaban J connectivity index is 1.96. The molecule has 0 aliphatic rings. The van der Waals surface area contributed by atoms with E-state index in [1.54, 1.807) is 6.08 Å². The molecule has 0 aromatic heterocycles. The Kier molecular flexibility index (Phi) is 7.40. The number of esters is 1. The standard InChI is InChI=1S/C22H24BrNO4/c1-22(2,3)16-9-10-19(27-4)18(13-16)24-20(25)14-28-21(26)11-8-15-6-5-7-17(23)12-15/h5-13H,14H2,1-4H3,(H,24,25)/b11-8+. The Morgan fingerprint density at radius 2 is 1.89 bits per heavy atom. The lowest BCUT2D eigenvalue weighted by molar-refractivity contribution is -0.142. The molecule has 0 spiro atoms. The van der Waals surface area contributed by atoms with Crippen LogP contribution < -0.4 is 10.1 Å². The highest BCUT2D eigenvalue weighted by Crippen LogP contribution is 2.31. The van der Waals surface area contributed by atoms with Crippen molar-refractivity contribution in [2.45, 2.75) is 26.2 Å². The van der Waals surface area contributed by atoms with Crippen molar-refractivity contribution in [2.24, 2.45) is 0 Å². The topological polar surface area (TPSA) is 64.6 Å². The molecule has 0 unspecified atom stereocenters. The summed E-state index contributed by atoms with van der Waals surface area (Å²) in [5.74, 6) is -0.485. The first-order valence-corrected chi connectivity index (χ1v) is 9.57. The second-order valence-electron chi connectivity index (χ2n) is 7.21. The molecule has 0 saturated heterocycles. The van der Waals surface area contributed by atoms with Crippen LogP contribution in [0.15, 0.2) is 53.0 Å². The molecule has 6 heteroatoms. The third-order valence-corrected chi connectivity index (χ3v) is 4.44. The zero-order valence-corrected chi connectivity index (χ0v) is 18.0. The number of hydrogen-bond acceptors (Lipinski definition) is 4. The van der Waals surface area contributed by atoms with E-state index in [0.717, 1.165) is 15.6 Å². The van der Waals surface area contributed by atoms with Gasteiger partial charge in [-0.25, -0.2) is 4.79 Å². The average Bonchev–Trinajstić information content (AvgIpc) is 2.64. The second-order valence-corrected chi connectivity index (χ2v) is 8.12. The van der Waals surface area contributed by atoms with Crippen molar-refractivity contribution in [3.8, 4) is 5.75 Å². The van der Waals surface area contributed by atoms with Crippen LogP contribution in [-0.4, -0.2) is 25.6 Å². The van der Waals surface area contributed by atoms with E-state index in [9.17, 15) is 9.59 Å². The third kappa shape index (κ3) is 6.53. The summed E-state index contributed by atoms with van der Waals surface area (Å²) in [5, 5.41) is 2.74. The van der Waals surface area contributed by atoms with E-state index in [1.807, 2.05) is 42.5 Å². The first kappa shape index (κ1) is 21.7. The highest BCUT2D eigenvalue weighted by Gasteiger charge is 2.17. The predicted molar refractivity (Wildman–Crippen MR) is 114 cm³/mol. The molecule has 2 rings (SSSR count). The molecular formula is C22H24BrNO4. The fraction of sp³-hybridized carbons (Fsp3) is 0.273. The highest BCUT2D eigenvalue weighted by atomic mass is 79.9. The van der Waals surface area contributed by atoms with E-state index in [0.29, 0.717) is 11.4 Å². The number of hydrogen-bond donors (Lipinski definition) is 1. The minimum absolute atomic E-state index is 0.0740. The fourth-order valence-electron chi connectivity index (χ4n) is 2.42. The van der Waals surface area contributed by atoms with Gasteiger partial charge in [0.15, 0.2) is 6.61 Å². The van der Waals surface area contributed by atoms with Crippen molar-refractivity contribution >= 4 is 39.6 Å². The van der Waals surface area contributed by atoms with Crippen LogP contribution in [0.4, 0.5) is 5.69 Å². The zero-order chi connectivity index (χ0) is 20.7. The number of benzene rings is 2. The maximum atomic E-state index is 12.2. The van der Waals surface area contributed by atoms with E-state index in [1.165, 1.54) is 13.2 Å². The third-order valence-electron chi connectivity index (χ3n) is 3.95. The number of methoxy groups -OCH3 is 1. The summed E-state index contributed by atoms with van der Waals surface area (Å²) in [6.45, 7) is 5.87. The molecule has 1 amide bonds. The molecule has 0 atom stereocenters. The van der Waals surface area contributed by atoms with Crippen molar-refractivity contribution in [1.29, 1.82) is 0 Å². The van der Waals surface area contributed by atoms with Gasteiger partial charge in [-0.1, -0.05) is 54.9 Å². The summed E-state index contributed by atoms with van der Waals surface area (Å²) in [6, 6.07) is 13.1. The van der Waals surface area contributed by atoms with Gasteiger partial charge in [-0.05, 0) is 46.9 Å². The fourth-order valence-corrected chi connectivity index (χ4v) is 2.83. The van der Waals surface area contributed by atoms with E-state index >= 15 is 0 Å². The van der Waals surface area contributed by atoms with Crippen LogP contribution in [0.25, 0.3) is 6.08 Å². The summed E-state index contributed by atoms with van der Waals surface area (Å²) in [5.41, 5.74) is 2.37. The SMILES string of the molecule is COc1ccc(C(C)(C)C)cc1NC(=O)COC(=O)/C=C/c1cccc(Br)c1. The molecule has 0 heterocycles. The van der Waals surface area contributed by atoms with Gasteiger partial charge in [-0.2, -0.15) is 0 Å². The molecule has 148 valence electrons. The molecule has 2 aromatic carbocycles. The van der Waals surface area contributed by atoms with Crippen LogP contribution in [0.2, 0.25) is 0 Å². The molecule has 28 heavy (non-hydrogen) atoms. The monoisotopic (exact) mass is 445 g/mol. The molecule has 0 radical (unpaired) electrons. The summed E-state index contributed by atoms with van der Waals surface area (Å²) < 4.78 is 11.2. The van der Waals surface area contributed by atoms with Crippen LogP contribution in [0.3, 0.4) is 0 Å². The normalized spacial score (nSPS) is 11.3. The smallest absolute Gasteiger partial charge is 0.331 e. The van der Waals surface area contributed by atoms with Crippen LogP contribution in [0, 0.1) is 0 Å². The predicted octanol–water partition coefficient (Wildman–Crippen LogP) is 4.95. The lowest BCUT2D eigenvalue weighted by Crippen LogP contribution is -2.21. The maximum absolute atomic E-state index is 12.2. The molecule has 0 aliphatic carbocycles. The first-order valence-electron chi connectivity index (χ1n) is 8.78. The van der Waals surface area contributed by atoms with Crippen molar-refractivity contribution in [3.05, 3.63) is 64.1 Å². The van der Waals surface area contributed by atoms with Gasteiger partial charge in [0.2, 0.25) is 0 Å². The van der Waals surface area contributed by atoms with Gasteiger partial charge in [0.05, 0.1) is 12.8 Å². The number of carbonyl (C=O) groups is 2. The molecular weight excluding hydrogens is 422 g/mol. The quantitative estimate of drug-likeness (QED) is 0.504. The van der Waals surface area contributed by atoms with Crippen molar-refractivity contribution in [3.63, 3.8) is 0 Å². The van der Waals surface area contributed by atoms with Crippen molar-refractivity contribution < 1.29 is 19.1 Å². The zero-order valence-electron chi connectivity index (χ0n) is 16.4. The molecule has 1 N–H and O–H groups in total. The van der Waals surface area contributed by atoms with Crippen LogP contribution >= 0.6 is 15.9 Å². The van der Waals surface area contributed by atoms with E-state index < -0.39 is 11.9 Å². The Hall–Kier alpha value is -2.60. The van der Waals surface area contributed by atoms with Gasteiger partial charge in [-0.3, -0.25) is 4.79 Å². The number of rotatable bonds is 6. The molecule has 0 aliphatic heterocycles. The minimum atomic E-state index is -0.592. The number of ether oxygens (including phenoxy) is 2. The molecule has 0 saturated carbocycles. The summed E-state index contributed by atoms with van der Waals surface area (Å²) in [6.07, 6.45) is 2.91. The van der Waals surface area contributed by atoms with Gasteiger partial charge in [-0.15, -0.1) is 0 Å². The van der Waals surface area contributed by atoms with Crippen molar-refractivity contribution in [2.75, 3.05) is 19.0 Å². The summed E-state index contributed by atoms with van der Waals surface area (Å²) in [4.78, 5) is 24.0. The Labute approximate surface area is 173 Å². The molecule has 0 fully saturated rings. The first-order chi connectivity index (χ1) is 13.2. The van der Waals surface area contributed by atoms with Crippen LogP contribution in [-0.2, 0) is 19.7 Å². The van der Waals surface area contributed by atoms with E-state index in [-0.39, 0.29) is 12.0 Å². The summed E-state index contributed by atoms with van der Waals surface area (Å²) in [7, 11) is 1.54. The number of halogens is 1. The number of amides is 1. The largest absolute Gasteiger partial charge is 0.495 e. The minimum Gasteiger partial charge on any atom is -0.495 e. The average molecular weight is 446 g/mol. The Morgan fingerprint density at radius 3 is 2.54 bits per heavy atom. The van der Waals surface area contributed by atoms with Crippen LogP contribution in [0.1, 0.15) is 31.9 Å². The van der Waals surface area contributed by atoms with Gasteiger partial charge in [0.25, 0.3) is 5.91 Å². The number of carbonyl (C=O) groups excluding carboxylic acids is 2. The van der Waals surface area contributed by atoms with E-state index in [4.69, 9.17) is 9.47 Å². The maximum Gasteiger partial charge on any atom is 0.331 e.